The molecule has 0 saturated heterocycles. The molecule has 124 valence electrons. The van der Waals surface area contributed by atoms with E-state index < -0.39 is 5.97 Å². The molecule has 1 heterocycles. The first kappa shape index (κ1) is 17.3. The van der Waals surface area contributed by atoms with Gasteiger partial charge in [0.15, 0.2) is 11.0 Å². The summed E-state index contributed by atoms with van der Waals surface area (Å²) < 4.78 is 7.63. The van der Waals surface area contributed by atoms with Gasteiger partial charge in [-0.3, -0.25) is 4.79 Å². The molecule has 0 aliphatic rings. The van der Waals surface area contributed by atoms with E-state index in [1.807, 2.05) is 23.6 Å². The predicted molar refractivity (Wildman–Crippen MR) is 88.8 cm³/mol. The Hall–Kier alpha value is -2.02. The van der Waals surface area contributed by atoms with Crippen LogP contribution in [-0.2, 0) is 24.4 Å². The molecule has 0 atom stereocenters. The van der Waals surface area contributed by atoms with Crippen molar-refractivity contribution in [3.8, 4) is 5.75 Å². The Morgan fingerprint density at radius 1 is 1.26 bits per heavy atom. The van der Waals surface area contributed by atoms with Crippen molar-refractivity contribution in [1.82, 2.24) is 14.8 Å². The van der Waals surface area contributed by atoms with Crippen LogP contribution in [0.25, 0.3) is 0 Å². The quantitative estimate of drug-likeness (QED) is 0.710. The van der Waals surface area contributed by atoms with Gasteiger partial charge in [-0.15, -0.1) is 10.2 Å². The van der Waals surface area contributed by atoms with Crippen molar-refractivity contribution in [1.29, 1.82) is 0 Å². The van der Waals surface area contributed by atoms with Gasteiger partial charge in [0, 0.05) is 6.54 Å². The van der Waals surface area contributed by atoms with E-state index in [0.29, 0.717) is 24.1 Å². The molecule has 0 aliphatic carbocycles. The monoisotopic (exact) mass is 335 g/mol. The van der Waals surface area contributed by atoms with Crippen molar-refractivity contribution in [2.75, 3.05) is 5.75 Å². The van der Waals surface area contributed by atoms with E-state index in [-0.39, 0.29) is 5.75 Å². The summed E-state index contributed by atoms with van der Waals surface area (Å²) in [7, 11) is 0. The van der Waals surface area contributed by atoms with Gasteiger partial charge in [0.2, 0.25) is 0 Å². The maximum atomic E-state index is 10.7. The Balaban J connectivity index is 1.98. The summed E-state index contributed by atoms with van der Waals surface area (Å²) in [5, 5.41) is 17.5. The fourth-order valence-corrected chi connectivity index (χ4v) is 2.91. The molecule has 0 aliphatic heterocycles. The second-order valence-corrected chi connectivity index (χ2v) is 5.95. The number of aliphatic carboxylic acids is 1. The average Bonchev–Trinajstić information content (AvgIpc) is 2.94. The number of rotatable bonds is 9. The number of benzene rings is 1. The van der Waals surface area contributed by atoms with Crippen LogP contribution in [0.5, 0.6) is 5.75 Å². The zero-order valence-electron chi connectivity index (χ0n) is 13.4. The molecule has 0 bridgehead atoms. The van der Waals surface area contributed by atoms with Crippen LogP contribution in [0.2, 0.25) is 0 Å². The van der Waals surface area contributed by atoms with E-state index in [1.165, 1.54) is 5.56 Å². The predicted octanol–water partition coefficient (Wildman–Crippen LogP) is 3.01. The van der Waals surface area contributed by atoms with E-state index in [0.717, 1.165) is 30.4 Å². The van der Waals surface area contributed by atoms with Crippen LogP contribution in [0.4, 0.5) is 0 Å². The molecular weight excluding hydrogens is 314 g/mol. The van der Waals surface area contributed by atoms with Crippen LogP contribution >= 0.6 is 11.8 Å². The minimum atomic E-state index is -0.870. The first-order chi connectivity index (χ1) is 11.1. The lowest BCUT2D eigenvalue weighted by Gasteiger charge is -2.09. The number of carboxylic acids is 1. The van der Waals surface area contributed by atoms with E-state index in [4.69, 9.17) is 9.84 Å². The molecule has 2 rings (SSSR count). The van der Waals surface area contributed by atoms with Gasteiger partial charge < -0.3 is 14.4 Å². The fourth-order valence-electron chi connectivity index (χ4n) is 2.17. The third-order valence-electron chi connectivity index (χ3n) is 3.26. The highest BCUT2D eigenvalue weighted by atomic mass is 32.2. The van der Waals surface area contributed by atoms with Crippen LogP contribution in [0.15, 0.2) is 29.4 Å². The van der Waals surface area contributed by atoms with Gasteiger partial charge in [-0.25, -0.2) is 0 Å². The van der Waals surface area contributed by atoms with Crippen molar-refractivity contribution in [2.24, 2.45) is 0 Å². The zero-order chi connectivity index (χ0) is 16.7. The molecule has 1 aromatic carbocycles. The summed E-state index contributed by atoms with van der Waals surface area (Å²) in [5.41, 5.74) is 1.30. The molecule has 0 radical (unpaired) electrons. The third-order valence-corrected chi connectivity index (χ3v) is 4.22. The lowest BCUT2D eigenvalue weighted by atomic mass is 10.1. The molecule has 1 N–H and O–H groups in total. The molecule has 7 heteroatoms. The van der Waals surface area contributed by atoms with Crippen LogP contribution in [0.1, 0.15) is 31.7 Å². The molecule has 23 heavy (non-hydrogen) atoms. The lowest BCUT2D eigenvalue weighted by molar-refractivity contribution is -0.133. The highest BCUT2D eigenvalue weighted by Gasteiger charge is 2.13. The molecule has 0 spiro atoms. The second-order valence-electron chi connectivity index (χ2n) is 5.01. The molecule has 6 nitrogen and oxygen atoms in total. The number of thioether (sulfide) groups is 1. The normalized spacial score (nSPS) is 10.7. The van der Waals surface area contributed by atoms with E-state index in [2.05, 4.69) is 29.3 Å². The van der Waals surface area contributed by atoms with Crippen LogP contribution in [-0.4, -0.2) is 31.6 Å². The molecule has 0 amide bonds. The van der Waals surface area contributed by atoms with Crippen molar-refractivity contribution >= 4 is 17.7 Å². The summed E-state index contributed by atoms with van der Waals surface area (Å²) in [4.78, 5) is 10.7. The van der Waals surface area contributed by atoms with Gasteiger partial charge >= 0.3 is 5.97 Å². The maximum Gasteiger partial charge on any atom is 0.313 e. The third kappa shape index (κ3) is 4.99. The Labute approximate surface area is 139 Å². The SMILES string of the molecule is CCCc1ccc(OCc2nnc(SCC(=O)O)n2CC)cc1. The molecular formula is C16H21N3O3S. The minimum Gasteiger partial charge on any atom is -0.486 e. The number of hydrogen-bond donors (Lipinski definition) is 1. The van der Waals surface area contributed by atoms with Crippen molar-refractivity contribution in [2.45, 2.75) is 45.0 Å². The number of hydrogen-bond acceptors (Lipinski definition) is 5. The zero-order valence-corrected chi connectivity index (χ0v) is 14.2. The van der Waals surface area contributed by atoms with Gasteiger partial charge in [-0.1, -0.05) is 37.2 Å². The lowest BCUT2D eigenvalue weighted by Crippen LogP contribution is -2.08. The van der Waals surface area contributed by atoms with Gasteiger partial charge in [0.05, 0.1) is 5.75 Å². The van der Waals surface area contributed by atoms with Crippen molar-refractivity contribution in [3.05, 3.63) is 35.7 Å². The standard InChI is InChI=1S/C16H21N3O3S/c1-3-5-12-6-8-13(9-7-12)22-10-14-17-18-16(19(14)4-2)23-11-15(20)21/h6-9H,3-5,10-11H2,1-2H3,(H,20,21). The Morgan fingerprint density at radius 3 is 2.61 bits per heavy atom. The van der Waals surface area contributed by atoms with E-state index in [1.54, 1.807) is 0 Å². The van der Waals surface area contributed by atoms with Gasteiger partial charge in [0.25, 0.3) is 0 Å². The first-order valence-corrected chi connectivity index (χ1v) is 8.61. The van der Waals surface area contributed by atoms with Crippen LogP contribution < -0.4 is 4.74 Å². The summed E-state index contributed by atoms with van der Waals surface area (Å²) >= 11 is 1.16. The van der Waals surface area contributed by atoms with E-state index in [9.17, 15) is 4.79 Å². The number of carboxylic acid groups (broad SMARTS) is 1. The molecule has 2 aromatic rings. The number of aryl methyl sites for hydroxylation is 1. The topological polar surface area (TPSA) is 77.2 Å². The summed E-state index contributed by atoms with van der Waals surface area (Å²) in [6.45, 7) is 5.10. The van der Waals surface area contributed by atoms with Gasteiger partial charge in [-0.2, -0.15) is 0 Å². The van der Waals surface area contributed by atoms with Crippen molar-refractivity contribution < 1.29 is 14.6 Å². The van der Waals surface area contributed by atoms with Crippen LogP contribution in [0.3, 0.4) is 0 Å². The van der Waals surface area contributed by atoms with Gasteiger partial charge in [0.1, 0.15) is 12.4 Å². The number of ether oxygens (including phenoxy) is 1. The highest BCUT2D eigenvalue weighted by Crippen LogP contribution is 2.19. The minimum absolute atomic E-state index is 0.0299. The molecule has 0 saturated carbocycles. The maximum absolute atomic E-state index is 10.7. The highest BCUT2D eigenvalue weighted by molar-refractivity contribution is 7.99. The summed E-state index contributed by atoms with van der Waals surface area (Å²) in [6.07, 6.45) is 2.19. The molecule has 0 fully saturated rings. The fraction of sp³-hybridized carbons (Fsp3) is 0.438. The first-order valence-electron chi connectivity index (χ1n) is 7.62. The number of aromatic nitrogens is 3. The summed E-state index contributed by atoms with van der Waals surface area (Å²) in [6, 6.07) is 8.05. The average molecular weight is 335 g/mol. The number of carbonyl (C=O) groups is 1. The van der Waals surface area contributed by atoms with Crippen LogP contribution in [0, 0.1) is 0 Å². The Morgan fingerprint density at radius 2 is 2.00 bits per heavy atom. The smallest absolute Gasteiger partial charge is 0.313 e. The number of nitrogens with zero attached hydrogens (tertiary/aromatic N) is 3. The Bertz CT molecular complexity index is 641. The van der Waals surface area contributed by atoms with Crippen molar-refractivity contribution in [3.63, 3.8) is 0 Å². The largest absolute Gasteiger partial charge is 0.486 e. The Kier molecular flexibility index (Phi) is 6.46. The molecule has 1 aromatic heterocycles. The molecule has 0 unspecified atom stereocenters. The summed E-state index contributed by atoms with van der Waals surface area (Å²) in [5.74, 6) is 0.580. The van der Waals surface area contributed by atoms with Gasteiger partial charge in [-0.05, 0) is 31.0 Å². The van der Waals surface area contributed by atoms with E-state index >= 15 is 0 Å². The second kappa shape index (κ2) is 8.57.